The maximum absolute atomic E-state index is 13.0. The Bertz CT molecular complexity index is 1190. The van der Waals surface area contributed by atoms with Gasteiger partial charge in [0.25, 0.3) is 5.56 Å². The highest BCUT2D eigenvalue weighted by Gasteiger charge is 2.15. The summed E-state index contributed by atoms with van der Waals surface area (Å²) in [6, 6.07) is 17.6. The van der Waals surface area contributed by atoms with Gasteiger partial charge in [-0.05, 0) is 30.3 Å². The van der Waals surface area contributed by atoms with Gasteiger partial charge in [0.05, 0.1) is 29.5 Å². The first-order chi connectivity index (χ1) is 13.6. The van der Waals surface area contributed by atoms with Crippen molar-refractivity contribution in [2.24, 2.45) is 0 Å². The lowest BCUT2D eigenvalue weighted by Crippen LogP contribution is -2.24. The van der Waals surface area contributed by atoms with Gasteiger partial charge < -0.3 is 4.42 Å². The van der Waals surface area contributed by atoms with Crippen molar-refractivity contribution >= 4 is 40.0 Å². The van der Waals surface area contributed by atoms with Gasteiger partial charge in [0, 0.05) is 10.6 Å². The van der Waals surface area contributed by atoms with E-state index < -0.39 is 0 Å². The molecule has 0 fully saturated rings. The minimum Gasteiger partial charge on any atom is -0.467 e. The molecule has 4 aromatic rings. The van der Waals surface area contributed by atoms with Gasteiger partial charge in [0.2, 0.25) is 0 Å². The highest BCUT2D eigenvalue weighted by atomic mass is 35.5. The number of benzene rings is 2. The van der Waals surface area contributed by atoms with E-state index in [0.717, 1.165) is 0 Å². The highest BCUT2D eigenvalue weighted by Crippen LogP contribution is 2.22. The zero-order chi connectivity index (χ0) is 19.5. The van der Waals surface area contributed by atoms with Crippen LogP contribution in [0.4, 0.5) is 0 Å². The Morgan fingerprint density at radius 3 is 2.68 bits per heavy atom. The molecule has 2 aromatic heterocycles. The van der Waals surface area contributed by atoms with Crippen LogP contribution in [0.5, 0.6) is 0 Å². The van der Waals surface area contributed by atoms with E-state index in [9.17, 15) is 9.59 Å². The molecular weight excluding hydrogens is 396 g/mol. The Morgan fingerprint density at radius 1 is 1.11 bits per heavy atom. The van der Waals surface area contributed by atoms with Gasteiger partial charge in [-0.1, -0.05) is 53.7 Å². The van der Waals surface area contributed by atoms with Crippen LogP contribution >= 0.6 is 23.4 Å². The molecule has 7 heteroatoms. The van der Waals surface area contributed by atoms with Crippen molar-refractivity contribution in [2.45, 2.75) is 11.7 Å². The molecule has 0 saturated heterocycles. The summed E-state index contributed by atoms with van der Waals surface area (Å²) in [7, 11) is 0. The van der Waals surface area contributed by atoms with Crippen molar-refractivity contribution in [3.63, 3.8) is 0 Å². The number of carbonyl (C=O) groups is 1. The molecule has 140 valence electrons. The topological polar surface area (TPSA) is 65.1 Å². The second-order valence-corrected chi connectivity index (χ2v) is 7.48. The van der Waals surface area contributed by atoms with Gasteiger partial charge >= 0.3 is 0 Å². The Balaban J connectivity index is 1.72. The zero-order valence-corrected chi connectivity index (χ0v) is 16.2. The highest BCUT2D eigenvalue weighted by molar-refractivity contribution is 7.99. The minimum atomic E-state index is -0.201. The molecule has 0 saturated carbocycles. The molecular formula is C21H15ClN2O3S. The second kappa shape index (κ2) is 8.04. The predicted molar refractivity (Wildman–Crippen MR) is 110 cm³/mol. The molecule has 2 aromatic carbocycles. The van der Waals surface area contributed by atoms with Gasteiger partial charge in [-0.15, -0.1) is 0 Å². The van der Waals surface area contributed by atoms with Crippen molar-refractivity contribution in [3.05, 3.63) is 93.6 Å². The molecule has 2 heterocycles. The number of rotatable bonds is 6. The summed E-state index contributed by atoms with van der Waals surface area (Å²) in [6.45, 7) is 0.235. The van der Waals surface area contributed by atoms with Crippen LogP contribution in [0.15, 0.2) is 81.3 Å². The van der Waals surface area contributed by atoms with Crippen molar-refractivity contribution in [3.8, 4) is 0 Å². The summed E-state index contributed by atoms with van der Waals surface area (Å²) >= 11 is 7.29. The number of ketones is 1. The number of Topliss-reactive ketones (excluding diaryl/α,β-unsaturated/α-hetero) is 1. The van der Waals surface area contributed by atoms with E-state index in [1.54, 1.807) is 48.7 Å². The normalized spacial score (nSPS) is 11.0. The lowest BCUT2D eigenvalue weighted by atomic mass is 10.2. The quantitative estimate of drug-likeness (QED) is 0.262. The third-order valence-corrected chi connectivity index (χ3v) is 5.42. The summed E-state index contributed by atoms with van der Waals surface area (Å²) in [5.74, 6) is 0.768. The monoisotopic (exact) mass is 410 g/mol. The molecule has 4 rings (SSSR count). The van der Waals surface area contributed by atoms with E-state index >= 15 is 0 Å². The van der Waals surface area contributed by atoms with E-state index in [4.69, 9.17) is 16.0 Å². The number of aromatic nitrogens is 2. The Kier molecular flexibility index (Phi) is 5.32. The van der Waals surface area contributed by atoms with Gasteiger partial charge in [-0.3, -0.25) is 14.2 Å². The van der Waals surface area contributed by atoms with Crippen LogP contribution in [0.25, 0.3) is 10.9 Å². The first-order valence-electron chi connectivity index (χ1n) is 8.55. The van der Waals surface area contributed by atoms with Crippen LogP contribution in [-0.4, -0.2) is 21.1 Å². The van der Waals surface area contributed by atoms with Crippen molar-refractivity contribution < 1.29 is 9.21 Å². The van der Waals surface area contributed by atoms with Crippen molar-refractivity contribution in [2.75, 3.05) is 5.75 Å². The van der Waals surface area contributed by atoms with Crippen LogP contribution in [0.2, 0.25) is 5.02 Å². The molecule has 0 radical (unpaired) electrons. The number of nitrogens with zero attached hydrogens (tertiary/aromatic N) is 2. The molecule has 0 atom stereocenters. The average Bonchev–Trinajstić information content (AvgIpc) is 3.22. The smallest absolute Gasteiger partial charge is 0.262 e. The fourth-order valence-corrected chi connectivity index (χ4v) is 3.88. The number of hydrogen-bond donors (Lipinski definition) is 0. The van der Waals surface area contributed by atoms with Crippen LogP contribution in [0, 0.1) is 0 Å². The molecule has 0 amide bonds. The van der Waals surface area contributed by atoms with Crippen LogP contribution in [0.1, 0.15) is 16.1 Å². The van der Waals surface area contributed by atoms with Crippen LogP contribution in [0.3, 0.4) is 0 Å². The second-order valence-electron chi connectivity index (χ2n) is 6.10. The van der Waals surface area contributed by atoms with Crippen LogP contribution < -0.4 is 5.56 Å². The average molecular weight is 411 g/mol. The van der Waals surface area contributed by atoms with E-state index in [1.165, 1.54) is 16.3 Å². The van der Waals surface area contributed by atoms with Crippen molar-refractivity contribution in [1.29, 1.82) is 0 Å². The van der Waals surface area contributed by atoms with Crippen molar-refractivity contribution in [1.82, 2.24) is 9.55 Å². The molecule has 0 bridgehead atoms. The van der Waals surface area contributed by atoms with E-state index in [2.05, 4.69) is 4.98 Å². The number of fused-ring (bicyclic) bond motifs is 1. The third-order valence-electron chi connectivity index (χ3n) is 4.20. The predicted octanol–water partition coefficient (Wildman–Crippen LogP) is 4.67. The molecule has 0 spiro atoms. The standard InChI is InChI=1S/C21H15ClN2O3S/c22-15-8-9-17-18(11-15)23-21(24(20(17)26)12-16-7-4-10-27-16)28-13-19(25)14-5-2-1-3-6-14/h1-11H,12-13H2. The Labute approximate surface area is 170 Å². The molecule has 5 nitrogen and oxygen atoms in total. The summed E-state index contributed by atoms with van der Waals surface area (Å²) in [6.07, 6.45) is 1.56. The SMILES string of the molecule is O=C(CSc1nc2cc(Cl)ccc2c(=O)n1Cc1ccco1)c1ccccc1. The lowest BCUT2D eigenvalue weighted by Gasteiger charge is -2.12. The number of thioether (sulfide) groups is 1. The van der Waals surface area contributed by atoms with Gasteiger partial charge in [-0.2, -0.15) is 0 Å². The maximum Gasteiger partial charge on any atom is 0.262 e. The Hall–Kier alpha value is -2.83. The summed E-state index contributed by atoms with van der Waals surface area (Å²) in [4.78, 5) is 30.1. The summed E-state index contributed by atoms with van der Waals surface area (Å²) in [5, 5.41) is 1.41. The lowest BCUT2D eigenvalue weighted by molar-refractivity contribution is 0.102. The van der Waals surface area contributed by atoms with Gasteiger partial charge in [-0.25, -0.2) is 4.98 Å². The van der Waals surface area contributed by atoms with E-state index in [1.807, 2.05) is 18.2 Å². The fraction of sp³-hybridized carbons (Fsp3) is 0.0952. The molecule has 0 aliphatic heterocycles. The Morgan fingerprint density at radius 2 is 1.93 bits per heavy atom. The number of halogens is 1. The number of furan rings is 1. The van der Waals surface area contributed by atoms with Gasteiger partial charge in [0.1, 0.15) is 5.76 Å². The third kappa shape index (κ3) is 3.88. The molecule has 0 N–H and O–H groups in total. The number of carbonyl (C=O) groups excluding carboxylic acids is 1. The summed E-state index contributed by atoms with van der Waals surface area (Å²) in [5.41, 5.74) is 0.925. The van der Waals surface area contributed by atoms with Crippen LogP contribution in [-0.2, 0) is 6.54 Å². The van der Waals surface area contributed by atoms with Gasteiger partial charge in [0.15, 0.2) is 10.9 Å². The fourth-order valence-electron chi connectivity index (χ4n) is 2.82. The summed E-state index contributed by atoms with van der Waals surface area (Å²) < 4.78 is 6.91. The molecule has 0 aliphatic carbocycles. The van der Waals surface area contributed by atoms with E-state index in [0.29, 0.717) is 32.4 Å². The first kappa shape index (κ1) is 18.5. The molecule has 0 aliphatic rings. The zero-order valence-electron chi connectivity index (χ0n) is 14.7. The first-order valence-corrected chi connectivity index (χ1v) is 9.92. The largest absolute Gasteiger partial charge is 0.467 e. The minimum absolute atomic E-state index is 0.0319. The maximum atomic E-state index is 13.0. The van der Waals surface area contributed by atoms with E-state index in [-0.39, 0.29) is 23.6 Å². The molecule has 0 unspecified atom stereocenters. The number of hydrogen-bond acceptors (Lipinski definition) is 5. The molecule has 28 heavy (non-hydrogen) atoms.